The summed E-state index contributed by atoms with van der Waals surface area (Å²) in [5.74, 6) is 0. The standard InChI is InChI=1S/C13H14N4S2/c1-14-9-16-17-13(18-2)19-12-7-8-15-11-6-4-3-5-10(11)12/h3-9H,1-2H3,(H,14,16)/b17-13+. The van der Waals surface area contributed by atoms with Crippen molar-refractivity contribution in [2.45, 2.75) is 4.90 Å². The summed E-state index contributed by atoms with van der Waals surface area (Å²) in [5.41, 5.74) is 3.79. The molecule has 0 unspecified atom stereocenters. The summed E-state index contributed by atoms with van der Waals surface area (Å²) in [6, 6.07) is 10.1. The zero-order chi connectivity index (χ0) is 13.5. The van der Waals surface area contributed by atoms with Crippen LogP contribution >= 0.6 is 23.5 Å². The molecule has 1 aromatic heterocycles. The molecule has 19 heavy (non-hydrogen) atoms. The van der Waals surface area contributed by atoms with Gasteiger partial charge < -0.3 is 0 Å². The van der Waals surface area contributed by atoms with Gasteiger partial charge in [-0.3, -0.25) is 15.4 Å². The van der Waals surface area contributed by atoms with E-state index in [1.54, 1.807) is 36.9 Å². The summed E-state index contributed by atoms with van der Waals surface area (Å²) in [5, 5.41) is 5.40. The highest BCUT2D eigenvalue weighted by molar-refractivity contribution is 8.38. The molecular weight excluding hydrogens is 276 g/mol. The molecule has 6 heteroatoms. The Labute approximate surface area is 120 Å². The number of hydrogen-bond acceptors (Lipinski definition) is 5. The Morgan fingerprint density at radius 2 is 2.16 bits per heavy atom. The topological polar surface area (TPSA) is 49.6 Å². The van der Waals surface area contributed by atoms with Crippen LogP contribution < -0.4 is 5.43 Å². The van der Waals surface area contributed by atoms with Crippen LogP contribution in [-0.2, 0) is 0 Å². The average molecular weight is 290 g/mol. The van der Waals surface area contributed by atoms with E-state index >= 15 is 0 Å². The lowest BCUT2D eigenvalue weighted by molar-refractivity contribution is 1.06. The maximum absolute atomic E-state index is 4.35. The summed E-state index contributed by atoms with van der Waals surface area (Å²) in [6.45, 7) is 0. The summed E-state index contributed by atoms with van der Waals surface area (Å²) < 4.78 is 0.927. The molecule has 4 nitrogen and oxygen atoms in total. The van der Waals surface area contributed by atoms with Crippen molar-refractivity contribution in [2.24, 2.45) is 10.1 Å². The number of para-hydroxylation sites is 1. The second-order valence-corrected chi connectivity index (χ2v) is 5.61. The minimum Gasteiger partial charge on any atom is -0.277 e. The molecule has 0 aliphatic carbocycles. The van der Waals surface area contributed by atoms with E-state index in [4.69, 9.17) is 0 Å². The first kappa shape index (κ1) is 13.9. The third kappa shape index (κ3) is 3.71. The Balaban J connectivity index is 2.27. The molecule has 2 rings (SSSR count). The molecule has 1 heterocycles. The van der Waals surface area contributed by atoms with Crippen LogP contribution in [0.4, 0.5) is 0 Å². The Kier molecular flexibility index (Phi) is 5.23. The monoisotopic (exact) mass is 290 g/mol. The van der Waals surface area contributed by atoms with Crippen LogP contribution in [0.1, 0.15) is 0 Å². The van der Waals surface area contributed by atoms with Gasteiger partial charge in [0.1, 0.15) is 6.34 Å². The first-order valence-electron chi connectivity index (χ1n) is 5.64. The largest absolute Gasteiger partial charge is 0.277 e. The number of rotatable bonds is 3. The predicted molar refractivity (Wildman–Crippen MR) is 86.1 cm³/mol. The third-order valence-corrected chi connectivity index (χ3v) is 4.36. The third-order valence-electron chi connectivity index (χ3n) is 2.32. The molecule has 0 bridgehead atoms. The Morgan fingerprint density at radius 3 is 2.95 bits per heavy atom. The van der Waals surface area contributed by atoms with Crippen LogP contribution in [0, 0.1) is 0 Å². The van der Waals surface area contributed by atoms with E-state index in [1.165, 1.54) is 0 Å². The lowest BCUT2D eigenvalue weighted by Gasteiger charge is -2.06. The molecule has 0 saturated heterocycles. The Bertz CT molecular complexity index is 605. The van der Waals surface area contributed by atoms with Crippen molar-refractivity contribution in [3.8, 4) is 0 Å². The summed E-state index contributed by atoms with van der Waals surface area (Å²) >= 11 is 3.21. The lowest BCUT2D eigenvalue weighted by Crippen LogP contribution is -2.03. The van der Waals surface area contributed by atoms with E-state index in [1.807, 2.05) is 36.7 Å². The molecule has 0 saturated carbocycles. The minimum atomic E-state index is 0.927. The maximum atomic E-state index is 4.35. The van der Waals surface area contributed by atoms with Crippen LogP contribution in [0.3, 0.4) is 0 Å². The first-order chi connectivity index (χ1) is 9.35. The minimum absolute atomic E-state index is 0.927. The number of fused-ring (bicyclic) bond motifs is 1. The Hall–Kier alpha value is -1.53. The highest BCUT2D eigenvalue weighted by Crippen LogP contribution is 2.30. The molecule has 0 amide bonds. The fourth-order valence-electron chi connectivity index (χ4n) is 1.50. The van der Waals surface area contributed by atoms with Gasteiger partial charge >= 0.3 is 0 Å². The van der Waals surface area contributed by atoms with Crippen LogP contribution in [0.5, 0.6) is 0 Å². The van der Waals surface area contributed by atoms with E-state index in [-0.39, 0.29) is 0 Å². The number of aromatic nitrogens is 1. The number of aliphatic imine (C=N–C) groups is 1. The second-order valence-electron chi connectivity index (χ2n) is 3.53. The molecule has 0 atom stereocenters. The zero-order valence-corrected chi connectivity index (χ0v) is 12.3. The fourth-order valence-corrected chi connectivity index (χ4v) is 2.95. The summed E-state index contributed by atoms with van der Waals surface area (Å²) in [7, 11) is 1.70. The van der Waals surface area contributed by atoms with Gasteiger partial charge in [0, 0.05) is 23.5 Å². The number of hydrazone groups is 1. The average Bonchev–Trinajstić information content (AvgIpc) is 2.46. The molecule has 1 N–H and O–H groups in total. The van der Waals surface area contributed by atoms with Crippen molar-refractivity contribution < 1.29 is 0 Å². The fraction of sp³-hybridized carbons (Fsp3) is 0.154. The van der Waals surface area contributed by atoms with Crippen LogP contribution in [0.2, 0.25) is 0 Å². The highest BCUT2D eigenvalue weighted by Gasteiger charge is 2.06. The zero-order valence-electron chi connectivity index (χ0n) is 10.7. The van der Waals surface area contributed by atoms with Gasteiger partial charge in [0.05, 0.1) is 5.52 Å². The predicted octanol–water partition coefficient (Wildman–Crippen LogP) is 3.21. The van der Waals surface area contributed by atoms with Gasteiger partial charge in [0.25, 0.3) is 0 Å². The van der Waals surface area contributed by atoms with E-state index < -0.39 is 0 Å². The van der Waals surface area contributed by atoms with E-state index in [0.717, 1.165) is 20.2 Å². The number of nitrogens with one attached hydrogen (secondary N) is 1. The van der Waals surface area contributed by atoms with Gasteiger partial charge in [-0.2, -0.15) is 5.10 Å². The van der Waals surface area contributed by atoms with Crippen molar-refractivity contribution in [1.29, 1.82) is 0 Å². The van der Waals surface area contributed by atoms with Gasteiger partial charge in [0.15, 0.2) is 4.38 Å². The van der Waals surface area contributed by atoms with Crippen LogP contribution in [-0.4, -0.2) is 29.0 Å². The first-order valence-corrected chi connectivity index (χ1v) is 7.68. The van der Waals surface area contributed by atoms with E-state index in [9.17, 15) is 0 Å². The summed E-state index contributed by atoms with van der Waals surface area (Å²) in [4.78, 5) is 9.33. The van der Waals surface area contributed by atoms with E-state index in [2.05, 4.69) is 26.6 Å². The molecule has 0 fully saturated rings. The van der Waals surface area contributed by atoms with Crippen molar-refractivity contribution in [2.75, 3.05) is 13.3 Å². The van der Waals surface area contributed by atoms with Crippen molar-refractivity contribution >= 4 is 45.1 Å². The van der Waals surface area contributed by atoms with E-state index in [0.29, 0.717) is 0 Å². The molecule has 98 valence electrons. The number of pyridine rings is 1. The van der Waals surface area contributed by atoms with Crippen LogP contribution in [0.25, 0.3) is 10.9 Å². The maximum Gasteiger partial charge on any atom is 0.154 e. The lowest BCUT2D eigenvalue weighted by atomic mass is 10.2. The van der Waals surface area contributed by atoms with Crippen molar-refractivity contribution in [1.82, 2.24) is 10.4 Å². The number of nitrogens with zero attached hydrogens (tertiary/aromatic N) is 3. The molecule has 2 aromatic rings. The second kappa shape index (κ2) is 7.16. The van der Waals surface area contributed by atoms with Gasteiger partial charge in [0.2, 0.25) is 0 Å². The molecule has 0 aliphatic rings. The molecule has 1 aromatic carbocycles. The molecular formula is C13H14N4S2. The normalized spacial score (nSPS) is 12.2. The highest BCUT2D eigenvalue weighted by atomic mass is 32.2. The van der Waals surface area contributed by atoms with Crippen molar-refractivity contribution in [3.05, 3.63) is 36.5 Å². The SMILES string of the molecule is CN=CN/N=C(\SC)Sc1ccnc2ccccc12. The van der Waals surface area contributed by atoms with Gasteiger partial charge in [-0.1, -0.05) is 30.0 Å². The van der Waals surface area contributed by atoms with Gasteiger partial charge in [-0.05, 0) is 18.4 Å². The smallest absolute Gasteiger partial charge is 0.154 e. The number of benzene rings is 1. The summed E-state index contributed by atoms with van der Waals surface area (Å²) in [6.07, 6.45) is 5.38. The number of hydrogen-bond donors (Lipinski definition) is 1. The quantitative estimate of drug-likeness (QED) is 0.408. The van der Waals surface area contributed by atoms with Gasteiger partial charge in [-0.15, -0.1) is 11.8 Å². The van der Waals surface area contributed by atoms with Crippen molar-refractivity contribution in [3.63, 3.8) is 0 Å². The molecule has 0 radical (unpaired) electrons. The molecule has 0 spiro atoms. The van der Waals surface area contributed by atoms with Crippen LogP contribution in [0.15, 0.2) is 51.5 Å². The van der Waals surface area contributed by atoms with Gasteiger partial charge in [-0.25, -0.2) is 0 Å². The molecule has 0 aliphatic heterocycles. The Morgan fingerprint density at radius 1 is 1.32 bits per heavy atom. The number of thioether (sulfide) groups is 2.